The Morgan fingerprint density at radius 2 is 1.83 bits per heavy atom. The Kier molecular flexibility index (Phi) is 9.50. The molecule has 0 radical (unpaired) electrons. The standard InChI is InChI=1S/C7H7BrN2O.C6H15N/c1-5(11)10-7-3-2-6(8)4-9-7;1-4-7(5-2)6-3/h2-4H,1H3,(H,9,10,11);4-6H2,1-3H3. The Balaban J connectivity index is 0.000000360. The molecule has 5 heteroatoms. The number of halogens is 1. The van der Waals surface area contributed by atoms with Crippen LogP contribution in [0, 0.1) is 0 Å². The number of pyridine rings is 1. The van der Waals surface area contributed by atoms with Gasteiger partial charge in [0.2, 0.25) is 5.91 Å². The molecule has 0 aliphatic rings. The molecule has 1 aromatic rings. The van der Waals surface area contributed by atoms with Gasteiger partial charge in [-0.25, -0.2) is 4.98 Å². The summed E-state index contributed by atoms with van der Waals surface area (Å²) in [7, 11) is 0. The summed E-state index contributed by atoms with van der Waals surface area (Å²) in [6, 6.07) is 3.55. The summed E-state index contributed by atoms with van der Waals surface area (Å²) in [5.41, 5.74) is 0. The number of aromatic nitrogens is 1. The van der Waals surface area contributed by atoms with Crippen LogP contribution in [0.15, 0.2) is 22.8 Å². The maximum Gasteiger partial charge on any atom is 0.222 e. The zero-order valence-corrected chi connectivity index (χ0v) is 13.1. The Morgan fingerprint density at radius 3 is 2.11 bits per heavy atom. The van der Waals surface area contributed by atoms with Gasteiger partial charge in [-0.3, -0.25) is 4.79 Å². The molecule has 1 aromatic heterocycles. The van der Waals surface area contributed by atoms with Crippen LogP contribution < -0.4 is 5.32 Å². The molecule has 0 fully saturated rings. The van der Waals surface area contributed by atoms with Gasteiger partial charge >= 0.3 is 0 Å². The van der Waals surface area contributed by atoms with Gasteiger partial charge in [0, 0.05) is 17.6 Å². The van der Waals surface area contributed by atoms with E-state index in [-0.39, 0.29) is 5.91 Å². The van der Waals surface area contributed by atoms with Crippen molar-refractivity contribution in [3.8, 4) is 0 Å². The molecule has 0 aliphatic heterocycles. The number of amides is 1. The summed E-state index contributed by atoms with van der Waals surface area (Å²) in [5.74, 6) is 0.459. The molecule has 1 heterocycles. The van der Waals surface area contributed by atoms with Crippen LogP contribution in [0.1, 0.15) is 27.7 Å². The second-order valence-corrected chi connectivity index (χ2v) is 4.58. The van der Waals surface area contributed by atoms with Crippen LogP contribution in [0.4, 0.5) is 5.82 Å². The Bertz CT molecular complexity index is 331. The van der Waals surface area contributed by atoms with E-state index in [0.717, 1.165) is 4.47 Å². The molecule has 0 unspecified atom stereocenters. The number of carbonyl (C=O) groups excluding carboxylic acids is 1. The largest absolute Gasteiger partial charge is 0.311 e. The molecule has 1 amide bonds. The molecule has 0 saturated carbocycles. The first kappa shape index (κ1) is 17.1. The van der Waals surface area contributed by atoms with Gasteiger partial charge in [0.15, 0.2) is 0 Å². The summed E-state index contributed by atoms with van der Waals surface area (Å²) in [5, 5.41) is 2.56. The van der Waals surface area contributed by atoms with Crippen LogP contribution in [0.3, 0.4) is 0 Å². The number of nitrogens with one attached hydrogen (secondary N) is 1. The Morgan fingerprint density at radius 1 is 1.28 bits per heavy atom. The van der Waals surface area contributed by atoms with Gasteiger partial charge in [-0.2, -0.15) is 0 Å². The van der Waals surface area contributed by atoms with Gasteiger partial charge < -0.3 is 10.2 Å². The van der Waals surface area contributed by atoms with Crippen molar-refractivity contribution < 1.29 is 4.79 Å². The van der Waals surface area contributed by atoms with E-state index < -0.39 is 0 Å². The van der Waals surface area contributed by atoms with Crippen molar-refractivity contribution in [2.24, 2.45) is 0 Å². The number of hydrogen-bond acceptors (Lipinski definition) is 3. The summed E-state index contributed by atoms with van der Waals surface area (Å²) >= 11 is 3.24. The maximum absolute atomic E-state index is 10.5. The highest BCUT2D eigenvalue weighted by atomic mass is 79.9. The fourth-order valence-electron chi connectivity index (χ4n) is 1.30. The lowest BCUT2D eigenvalue weighted by Crippen LogP contribution is -2.21. The molecule has 0 spiro atoms. The van der Waals surface area contributed by atoms with Crippen LogP contribution in [-0.2, 0) is 4.79 Å². The highest BCUT2D eigenvalue weighted by molar-refractivity contribution is 9.10. The van der Waals surface area contributed by atoms with Gasteiger partial charge in [0.25, 0.3) is 0 Å². The minimum Gasteiger partial charge on any atom is -0.311 e. The summed E-state index contributed by atoms with van der Waals surface area (Å²) in [6.45, 7) is 11.6. The van der Waals surface area contributed by atoms with E-state index in [0.29, 0.717) is 5.82 Å². The number of rotatable bonds is 4. The summed E-state index contributed by atoms with van der Waals surface area (Å²) in [4.78, 5) is 16.8. The van der Waals surface area contributed by atoms with Gasteiger partial charge in [-0.15, -0.1) is 0 Å². The number of nitrogens with zero attached hydrogens (tertiary/aromatic N) is 2. The minimum absolute atomic E-state index is 0.111. The van der Waals surface area contributed by atoms with E-state index in [1.54, 1.807) is 12.3 Å². The van der Waals surface area contributed by atoms with Crippen molar-refractivity contribution >= 4 is 27.7 Å². The van der Waals surface area contributed by atoms with Crippen molar-refractivity contribution in [2.75, 3.05) is 25.0 Å². The van der Waals surface area contributed by atoms with E-state index in [2.05, 4.69) is 51.9 Å². The highest BCUT2D eigenvalue weighted by Gasteiger charge is 1.94. The molecule has 18 heavy (non-hydrogen) atoms. The third-order valence-corrected chi connectivity index (χ3v) is 2.84. The quantitative estimate of drug-likeness (QED) is 0.928. The Labute approximate surface area is 118 Å². The predicted molar refractivity (Wildman–Crippen MR) is 79.7 cm³/mol. The molecule has 0 atom stereocenters. The van der Waals surface area contributed by atoms with E-state index in [1.807, 2.05) is 6.07 Å². The van der Waals surface area contributed by atoms with Crippen molar-refractivity contribution in [2.45, 2.75) is 27.7 Å². The van der Waals surface area contributed by atoms with E-state index in [1.165, 1.54) is 26.6 Å². The lowest BCUT2D eigenvalue weighted by Gasteiger charge is -2.13. The molecule has 0 bridgehead atoms. The van der Waals surface area contributed by atoms with Crippen molar-refractivity contribution in [1.29, 1.82) is 0 Å². The molecular formula is C13H22BrN3O. The molecule has 0 aromatic carbocycles. The lowest BCUT2D eigenvalue weighted by atomic mass is 10.4. The molecule has 0 saturated heterocycles. The topological polar surface area (TPSA) is 45.2 Å². The smallest absolute Gasteiger partial charge is 0.222 e. The molecule has 1 rings (SSSR count). The van der Waals surface area contributed by atoms with Crippen molar-refractivity contribution in [3.63, 3.8) is 0 Å². The van der Waals surface area contributed by atoms with Crippen LogP contribution in [0.5, 0.6) is 0 Å². The summed E-state index contributed by atoms with van der Waals surface area (Å²) < 4.78 is 0.895. The van der Waals surface area contributed by atoms with Crippen LogP contribution in [0.25, 0.3) is 0 Å². The first-order valence-corrected chi connectivity index (χ1v) is 6.94. The zero-order valence-electron chi connectivity index (χ0n) is 11.5. The molecular weight excluding hydrogens is 294 g/mol. The van der Waals surface area contributed by atoms with Gasteiger partial charge in [0.05, 0.1) is 0 Å². The van der Waals surface area contributed by atoms with Gasteiger partial charge in [-0.05, 0) is 47.7 Å². The van der Waals surface area contributed by atoms with Gasteiger partial charge in [0.1, 0.15) is 5.82 Å². The first-order valence-electron chi connectivity index (χ1n) is 6.14. The predicted octanol–water partition coefficient (Wildman–Crippen LogP) is 3.15. The van der Waals surface area contributed by atoms with Crippen LogP contribution in [-0.4, -0.2) is 35.4 Å². The normalized spacial score (nSPS) is 9.67. The fourth-order valence-corrected chi connectivity index (χ4v) is 1.54. The SMILES string of the molecule is CC(=O)Nc1ccc(Br)cn1.CCN(CC)CC. The van der Waals surface area contributed by atoms with Crippen molar-refractivity contribution in [3.05, 3.63) is 22.8 Å². The molecule has 102 valence electrons. The van der Waals surface area contributed by atoms with Gasteiger partial charge in [-0.1, -0.05) is 20.8 Å². The average Bonchev–Trinajstić information content (AvgIpc) is 2.35. The second-order valence-electron chi connectivity index (χ2n) is 3.66. The first-order chi connectivity index (χ1) is 8.53. The average molecular weight is 316 g/mol. The Hall–Kier alpha value is -0.940. The zero-order chi connectivity index (χ0) is 14.0. The van der Waals surface area contributed by atoms with Crippen molar-refractivity contribution in [1.82, 2.24) is 9.88 Å². The van der Waals surface area contributed by atoms with E-state index >= 15 is 0 Å². The monoisotopic (exact) mass is 315 g/mol. The second kappa shape index (κ2) is 10.0. The van der Waals surface area contributed by atoms with Crippen LogP contribution >= 0.6 is 15.9 Å². The third-order valence-electron chi connectivity index (χ3n) is 2.37. The number of anilines is 1. The molecule has 1 N–H and O–H groups in total. The van der Waals surface area contributed by atoms with E-state index in [4.69, 9.17) is 0 Å². The van der Waals surface area contributed by atoms with Crippen LogP contribution in [0.2, 0.25) is 0 Å². The highest BCUT2D eigenvalue weighted by Crippen LogP contribution is 2.09. The summed E-state index contributed by atoms with van der Waals surface area (Å²) in [6.07, 6.45) is 1.63. The fraction of sp³-hybridized carbons (Fsp3) is 0.538. The molecule has 4 nitrogen and oxygen atoms in total. The number of carbonyl (C=O) groups is 1. The third kappa shape index (κ3) is 8.20. The van der Waals surface area contributed by atoms with E-state index in [9.17, 15) is 4.79 Å². The lowest BCUT2D eigenvalue weighted by molar-refractivity contribution is -0.114. The minimum atomic E-state index is -0.111. The number of hydrogen-bond donors (Lipinski definition) is 1. The molecule has 0 aliphatic carbocycles. The maximum atomic E-state index is 10.5.